The number of sulfone groups is 1. The summed E-state index contributed by atoms with van der Waals surface area (Å²) in [6.07, 6.45) is 7.87. The first-order valence-electron chi connectivity index (χ1n) is 7.91. The SMILES string of the molecule is CC1(NC2C3CC4CC(C3)CC2C4)CCS(=O)(=O)C1. The van der Waals surface area contributed by atoms with E-state index in [0.717, 1.165) is 30.1 Å². The van der Waals surface area contributed by atoms with Crippen molar-refractivity contribution >= 4 is 9.84 Å². The molecular formula is C15H25NO2S. The van der Waals surface area contributed by atoms with Crippen molar-refractivity contribution in [2.75, 3.05) is 11.5 Å². The third-order valence-corrected chi connectivity index (χ3v) is 8.15. The molecule has 4 aliphatic carbocycles. The number of nitrogens with one attached hydrogen (secondary N) is 1. The summed E-state index contributed by atoms with van der Waals surface area (Å²) in [6, 6.07) is 0.603. The predicted octanol–water partition coefficient (Wildman–Crippen LogP) is 1.98. The van der Waals surface area contributed by atoms with E-state index in [4.69, 9.17) is 0 Å². The molecule has 4 heteroatoms. The van der Waals surface area contributed by atoms with Gasteiger partial charge in [0.15, 0.2) is 9.84 Å². The van der Waals surface area contributed by atoms with Crippen LogP contribution >= 0.6 is 0 Å². The molecule has 0 radical (unpaired) electrons. The van der Waals surface area contributed by atoms with Gasteiger partial charge < -0.3 is 5.32 Å². The Labute approximate surface area is 116 Å². The molecule has 5 aliphatic rings. The lowest BCUT2D eigenvalue weighted by Gasteiger charge is -2.56. The van der Waals surface area contributed by atoms with Crippen LogP contribution < -0.4 is 5.32 Å². The monoisotopic (exact) mass is 283 g/mol. The number of rotatable bonds is 2. The van der Waals surface area contributed by atoms with Crippen LogP contribution in [0.15, 0.2) is 0 Å². The Hall–Kier alpha value is -0.0900. The summed E-state index contributed by atoms with van der Waals surface area (Å²) in [4.78, 5) is 0. The molecule has 4 bridgehead atoms. The topological polar surface area (TPSA) is 46.2 Å². The van der Waals surface area contributed by atoms with Crippen molar-refractivity contribution in [3.8, 4) is 0 Å². The molecular weight excluding hydrogens is 258 g/mol. The van der Waals surface area contributed by atoms with E-state index in [1.54, 1.807) is 0 Å². The van der Waals surface area contributed by atoms with Crippen molar-refractivity contribution in [3.05, 3.63) is 0 Å². The number of hydrogen-bond acceptors (Lipinski definition) is 3. The zero-order valence-corrected chi connectivity index (χ0v) is 12.6. The summed E-state index contributed by atoms with van der Waals surface area (Å²) < 4.78 is 23.5. The van der Waals surface area contributed by atoms with Gasteiger partial charge in [0, 0.05) is 11.6 Å². The highest BCUT2D eigenvalue weighted by Crippen LogP contribution is 2.54. The average Bonchev–Trinajstić information content (AvgIpc) is 2.58. The Bertz CT molecular complexity index is 458. The molecule has 1 atom stereocenters. The lowest BCUT2D eigenvalue weighted by Crippen LogP contribution is -2.60. The van der Waals surface area contributed by atoms with Crippen LogP contribution in [0.2, 0.25) is 0 Å². The van der Waals surface area contributed by atoms with Crippen molar-refractivity contribution in [1.29, 1.82) is 0 Å². The first-order valence-corrected chi connectivity index (χ1v) is 9.73. The second kappa shape index (κ2) is 3.97. The highest BCUT2D eigenvalue weighted by Gasteiger charge is 2.50. The van der Waals surface area contributed by atoms with Crippen LogP contribution in [0.25, 0.3) is 0 Å². The summed E-state index contributed by atoms with van der Waals surface area (Å²) in [5, 5.41) is 3.81. The molecule has 1 saturated heterocycles. The minimum atomic E-state index is -2.79. The third-order valence-electron chi connectivity index (χ3n) is 6.25. The second-order valence-electron chi connectivity index (χ2n) is 8.00. The third kappa shape index (κ3) is 2.15. The molecule has 3 nitrogen and oxygen atoms in total. The first kappa shape index (κ1) is 12.6. The fourth-order valence-electron chi connectivity index (χ4n) is 5.69. The lowest BCUT2D eigenvalue weighted by molar-refractivity contribution is -0.0225. The molecule has 0 aromatic heterocycles. The normalized spacial score (nSPS) is 54.7. The maximum Gasteiger partial charge on any atom is 0.152 e. The van der Waals surface area contributed by atoms with E-state index in [2.05, 4.69) is 12.2 Å². The van der Waals surface area contributed by atoms with Gasteiger partial charge in [-0.3, -0.25) is 0 Å². The van der Waals surface area contributed by atoms with E-state index in [1.165, 1.54) is 32.1 Å². The van der Waals surface area contributed by atoms with Crippen LogP contribution in [0, 0.1) is 23.7 Å². The molecule has 1 heterocycles. The van der Waals surface area contributed by atoms with Crippen LogP contribution in [-0.2, 0) is 9.84 Å². The predicted molar refractivity (Wildman–Crippen MR) is 75.6 cm³/mol. The molecule has 0 aromatic carbocycles. The van der Waals surface area contributed by atoms with Gasteiger partial charge in [0.05, 0.1) is 11.5 Å². The van der Waals surface area contributed by atoms with Gasteiger partial charge in [-0.15, -0.1) is 0 Å². The van der Waals surface area contributed by atoms with Crippen molar-refractivity contribution in [1.82, 2.24) is 5.32 Å². The molecule has 0 aromatic rings. The lowest BCUT2D eigenvalue weighted by atomic mass is 9.54. The maximum absolute atomic E-state index is 11.8. The van der Waals surface area contributed by atoms with E-state index in [0.29, 0.717) is 17.5 Å². The van der Waals surface area contributed by atoms with Gasteiger partial charge in [-0.05, 0) is 69.1 Å². The smallest absolute Gasteiger partial charge is 0.152 e. The van der Waals surface area contributed by atoms with Gasteiger partial charge >= 0.3 is 0 Å². The van der Waals surface area contributed by atoms with Gasteiger partial charge in [0.2, 0.25) is 0 Å². The molecule has 1 unspecified atom stereocenters. The Balaban J connectivity index is 1.52. The minimum Gasteiger partial charge on any atom is -0.307 e. The highest BCUT2D eigenvalue weighted by molar-refractivity contribution is 7.91. The standard InChI is InChI=1S/C15H25NO2S/c1-15(2-3-19(17,18)9-15)16-14-12-5-10-4-11(7-12)8-13(14)6-10/h10-14,16H,2-9H2,1H3. The summed E-state index contributed by atoms with van der Waals surface area (Å²) in [5.74, 6) is 4.36. The summed E-state index contributed by atoms with van der Waals surface area (Å²) in [6.45, 7) is 2.13. The Morgan fingerprint density at radius 3 is 2.05 bits per heavy atom. The maximum atomic E-state index is 11.8. The molecule has 5 fully saturated rings. The molecule has 1 aliphatic heterocycles. The van der Waals surface area contributed by atoms with E-state index in [-0.39, 0.29) is 5.54 Å². The van der Waals surface area contributed by atoms with Crippen LogP contribution in [0.1, 0.15) is 45.4 Å². The zero-order chi connectivity index (χ0) is 13.3. The quantitative estimate of drug-likeness (QED) is 0.843. The molecule has 1 N–H and O–H groups in total. The van der Waals surface area contributed by atoms with Crippen LogP contribution in [-0.4, -0.2) is 31.5 Å². The largest absolute Gasteiger partial charge is 0.307 e. The van der Waals surface area contributed by atoms with Crippen LogP contribution in [0.5, 0.6) is 0 Å². The molecule has 5 rings (SSSR count). The van der Waals surface area contributed by atoms with Crippen molar-refractivity contribution in [2.24, 2.45) is 23.7 Å². The first-order chi connectivity index (χ1) is 8.93. The second-order valence-corrected chi connectivity index (χ2v) is 10.2. The van der Waals surface area contributed by atoms with Gasteiger partial charge in [-0.2, -0.15) is 0 Å². The van der Waals surface area contributed by atoms with Gasteiger partial charge in [0.25, 0.3) is 0 Å². The molecule has 4 saturated carbocycles. The number of hydrogen-bond donors (Lipinski definition) is 1. The van der Waals surface area contributed by atoms with Crippen molar-refractivity contribution in [2.45, 2.75) is 57.0 Å². The Kier molecular flexibility index (Phi) is 2.64. The summed E-state index contributed by atoms with van der Waals surface area (Å²) in [7, 11) is -2.79. The minimum absolute atomic E-state index is 0.154. The summed E-state index contributed by atoms with van der Waals surface area (Å²) in [5.41, 5.74) is -0.154. The van der Waals surface area contributed by atoms with Crippen molar-refractivity contribution in [3.63, 3.8) is 0 Å². The molecule has 108 valence electrons. The Morgan fingerprint density at radius 1 is 1.00 bits per heavy atom. The van der Waals surface area contributed by atoms with Crippen molar-refractivity contribution < 1.29 is 8.42 Å². The van der Waals surface area contributed by atoms with Gasteiger partial charge in [0.1, 0.15) is 0 Å². The highest BCUT2D eigenvalue weighted by atomic mass is 32.2. The van der Waals surface area contributed by atoms with Crippen LogP contribution in [0.3, 0.4) is 0 Å². The van der Waals surface area contributed by atoms with Gasteiger partial charge in [-0.25, -0.2) is 8.42 Å². The fraction of sp³-hybridized carbons (Fsp3) is 1.00. The molecule has 0 spiro atoms. The Morgan fingerprint density at radius 2 is 1.58 bits per heavy atom. The fourth-order valence-corrected chi connectivity index (χ4v) is 7.79. The van der Waals surface area contributed by atoms with E-state index in [1.807, 2.05) is 0 Å². The van der Waals surface area contributed by atoms with E-state index < -0.39 is 9.84 Å². The average molecular weight is 283 g/mol. The van der Waals surface area contributed by atoms with Gasteiger partial charge in [-0.1, -0.05) is 0 Å². The summed E-state index contributed by atoms with van der Waals surface area (Å²) >= 11 is 0. The van der Waals surface area contributed by atoms with E-state index >= 15 is 0 Å². The zero-order valence-electron chi connectivity index (χ0n) is 11.8. The molecule has 19 heavy (non-hydrogen) atoms. The van der Waals surface area contributed by atoms with E-state index in [9.17, 15) is 8.42 Å². The van der Waals surface area contributed by atoms with Crippen LogP contribution in [0.4, 0.5) is 0 Å². The molecule has 0 amide bonds.